The molecular formula is C44H35N. The van der Waals surface area contributed by atoms with Crippen molar-refractivity contribution in [2.45, 2.75) is 43.6 Å². The largest absolute Gasteiger partial charge is 0.334 e. The van der Waals surface area contributed by atoms with Crippen LogP contribution in [-0.2, 0) is 5.41 Å². The summed E-state index contributed by atoms with van der Waals surface area (Å²) in [5, 5.41) is 0. The fourth-order valence-corrected chi connectivity index (χ4v) is 9.94. The molecular weight excluding hydrogens is 542 g/mol. The van der Waals surface area contributed by atoms with Crippen molar-refractivity contribution in [2.24, 2.45) is 5.92 Å². The predicted octanol–water partition coefficient (Wildman–Crippen LogP) is 11.1. The first kappa shape index (κ1) is 25.4. The number of fused-ring (bicyclic) bond motifs is 13. The summed E-state index contributed by atoms with van der Waals surface area (Å²) in [5.41, 5.74) is 17.6. The van der Waals surface area contributed by atoms with E-state index in [0.29, 0.717) is 11.8 Å². The molecule has 1 heteroatoms. The Morgan fingerprint density at radius 3 is 1.71 bits per heavy atom. The highest BCUT2D eigenvalue weighted by Gasteiger charge is 2.55. The van der Waals surface area contributed by atoms with Crippen LogP contribution in [0.3, 0.4) is 0 Å². The Hall–Kier alpha value is -4.88. The molecule has 10 rings (SSSR count). The number of rotatable bonds is 2. The molecule has 3 unspecified atom stereocenters. The van der Waals surface area contributed by atoms with Crippen molar-refractivity contribution < 1.29 is 0 Å². The van der Waals surface area contributed by atoms with Crippen molar-refractivity contribution in [1.82, 2.24) is 0 Å². The van der Waals surface area contributed by atoms with Gasteiger partial charge in [0.15, 0.2) is 0 Å². The minimum Gasteiger partial charge on any atom is -0.334 e. The Morgan fingerprint density at radius 2 is 1.07 bits per heavy atom. The lowest BCUT2D eigenvalue weighted by Gasteiger charge is -2.41. The molecule has 1 aliphatic heterocycles. The zero-order valence-corrected chi connectivity index (χ0v) is 25.8. The van der Waals surface area contributed by atoms with Crippen LogP contribution in [0.4, 0.5) is 11.4 Å². The average molecular weight is 578 g/mol. The zero-order chi connectivity index (χ0) is 29.9. The lowest BCUT2D eigenvalue weighted by Crippen LogP contribution is -2.45. The van der Waals surface area contributed by atoms with E-state index in [1.54, 1.807) is 0 Å². The van der Waals surface area contributed by atoms with Crippen LogP contribution in [0.1, 0.15) is 60.4 Å². The van der Waals surface area contributed by atoms with Gasteiger partial charge in [0.05, 0.1) is 11.0 Å². The minimum atomic E-state index is -0.310. The lowest BCUT2D eigenvalue weighted by molar-refractivity contribution is 0.355. The smallest absolute Gasteiger partial charge is 0.0725 e. The molecule has 6 aromatic carbocycles. The topological polar surface area (TPSA) is 3.24 Å². The molecule has 1 spiro atoms. The van der Waals surface area contributed by atoms with E-state index in [4.69, 9.17) is 0 Å². The van der Waals surface area contributed by atoms with Gasteiger partial charge in [0.2, 0.25) is 0 Å². The highest BCUT2D eigenvalue weighted by molar-refractivity contribution is 5.96. The summed E-state index contributed by atoms with van der Waals surface area (Å²) in [5.74, 6) is 1.15. The van der Waals surface area contributed by atoms with E-state index in [0.717, 1.165) is 0 Å². The molecule has 1 heterocycles. The molecule has 3 aliphatic carbocycles. The van der Waals surface area contributed by atoms with E-state index >= 15 is 0 Å². The molecule has 0 N–H and O–H groups in total. The fraction of sp³-hybridized carbons (Fsp3) is 0.182. The third-order valence-electron chi connectivity index (χ3n) is 12.1. The molecule has 216 valence electrons. The van der Waals surface area contributed by atoms with Gasteiger partial charge in [-0.15, -0.1) is 0 Å². The highest BCUT2D eigenvalue weighted by Crippen LogP contribution is 2.64. The molecule has 45 heavy (non-hydrogen) atoms. The van der Waals surface area contributed by atoms with Crippen molar-refractivity contribution in [3.63, 3.8) is 0 Å². The van der Waals surface area contributed by atoms with Crippen molar-refractivity contribution in [1.29, 1.82) is 0 Å². The van der Waals surface area contributed by atoms with Gasteiger partial charge in [-0.2, -0.15) is 0 Å². The Bertz CT molecular complexity index is 2110. The average Bonchev–Trinajstić information content (AvgIpc) is 3.75. The normalized spacial score (nSPS) is 22.5. The van der Waals surface area contributed by atoms with Crippen LogP contribution in [0.15, 0.2) is 140 Å². The van der Waals surface area contributed by atoms with Crippen molar-refractivity contribution in [3.05, 3.63) is 167 Å². The third kappa shape index (κ3) is 3.04. The second-order valence-corrected chi connectivity index (χ2v) is 13.8. The van der Waals surface area contributed by atoms with E-state index < -0.39 is 0 Å². The second-order valence-electron chi connectivity index (χ2n) is 13.8. The summed E-state index contributed by atoms with van der Waals surface area (Å²) in [6.07, 6.45) is 2.51. The van der Waals surface area contributed by atoms with Crippen LogP contribution in [0, 0.1) is 5.92 Å². The summed E-state index contributed by atoms with van der Waals surface area (Å²) in [6, 6.07) is 52.9. The van der Waals surface area contributed by atoms with E-state index in [-0.39, 0.29) is 11.0 Å². The fourth-order valence-electron chi connectivity index (χ4n) is 9.94. The molecule has 0 bridgehead atoms. The number of nitrogens with zero attached hydrogens (tertiary/aromatic N) is 1. The predicted molar refractivity (Wildman–Crippen MR) is 186 cm³/mol. The summed E-state index contributed by atoms with van der Waals surface area (Å²) >= 11 is 0. The highest BCUT2D eigenvalue weighted by atomic mass is 15.2. The van der Waals surface area contributed by atoms with E-state index in [1.807, 2.05) is 0 Å². The summed E-state index contributed by atoms with van der Waals surface area (Å²) in [7, 11) is 0. The minimum absolute atomic E-state index is 0.0865. The maximum atomic E-state index is 2.66. The second kappa shape index (κ2) is 8.86. The van der Waals surface area contributed by atoms with Gasteiger partial charge in [-0.05, 0) is 117 Å². The number of hydrogen-bond donors (Lipinski definition) is 0. The van der Waals surface area contributed by atoms with E-state index in [2.05, 4.69) is 158 Å². The molecule has 6 aromatic rings. The maximum Gasteiger partial charge on any atom is 0.0725 e. The van der Waals surface area contributed by atoms with Crippen LogP contribution >= 0.6 is 0 Å². The number of para-hydroxylation sites is 1. The number of benzene rings is 6. The zero-order valence-electron chi connectivity index (χ0n) is 25.8. The Morgan fingerprint density at radius 1 is 0.533 bits per heavy atom. The lowest BCUT2D eigenvalue weighted by atomic mass is 9.70. The van der Waals surface area contributed by atoms with Crippen molar-refractivity contribution in [2.75, 3.05) is 4.90 Å². The van der Waals surface area contributed by atoms with Gasteiger partial charge < -0.3 is 4.90 Å². The quantitative estimate of drug-likeness (QED) is 0.197. The molecule has 0 aromatic heterocycles. The van der Waals surface area contributed by atoms with Crippen LogP contribution in [-0.4, -0.2) is 5.54 Å². The van der Waals surface area contributed by atoms with Crippen LogP contribution in [0.5, 0.6) is 0 Å². The SMILES string of the molecule is CC1CCC2c3cc(-c4ccc5c(c4)C4(c6ccccc6-c6ccccc64)c4ccccc4-5)ccc3N(c3ccccc3)C12C. The molecule has 0 amide bonds. The van der Waals surface area contributed by atoms with Gasteiger partial charge in [-0.25, -0.2) is 0 Å². The first-order valence-corrected chi connectivity index (χ1v) is 16.5. The summed E-state index contributed by atoms with van der Waals surface area (Å²) in [6.45, 7) is 4.96. The van der Waals surface area contributed by atoms with Crippen LogP contribution < -0.4 is 4.90 Å². The maximum absolute atomic E-state index is 2.66. The van der Waals surface area contributed by atoms with Gasteiger partial charge in [-0.1, -0.05) is 116 Å². The molecule has 1 saturated carbocycles. The first-order valence-electron chi connectivity index (χ1n) is 16.5. The Balaban J connectivity index is 1.19. The molecule has 0 radical (unpaired) electrons. The van der Waals surface area contributed by atoms with Crippen molar-refractivity contribution in [3.8, 4) is 33.4 Å². The Labute approximate surface area is 265 Å². The molecule has 0 saturated heterocycles. The molecule has 3 atom stereocenters. The van der Waals surface area contributed by atoms with Crippen LogP contribution in [0.2, 0.25) is 0 Å². The summed E-state index contributed by atoms with van der Waals surface area (Å²) in [4.78, 5) is 2.66. The molecule has 1 nitrogen and oxygen atoms in total. The van der Waals surface area contributed by atoms with Gasteiger partial charge in [0.25, 0.3) is 0 Å². The van der Waals surface area contributed by atoms with Crippen molar-refractivity contribution >= 4 is 11.4 Å². The standard InChI is InChI=1S/C44H35N/c1-28-20-24-37-36-26-29(22-25-42(36)45(43(28,37)2)31-12-4-3-5-13-31)30-21-23-35-34-16-8-11-19-40(34)44(41(35)27-30)38-17-9-6-14-32(38)33-15-7-10-18-39(33)44/h3-19,21-23,25-28,37H,20,24H2,1-2H3. The molecule has 4 aliphatic rings. The van der Waals surface area contributed by atoms with Gasteiger partial charge in [0.1, 0.15) is 0 Å². The third-order valence-corrected chi connectivity index (χ3v) is 12.1. The first-order chi connectivity index (χ1) is 22.1. The van der Waals surface area contributed by atoms with Gasteiger partial charge in [-0.3, -0.25) is 0 Å². The van der Waals surface area contributed by atoms with Gasteiger partial charge >= 0.3 is 0 Å². The van der Waals surface area contributed by atoms with Crippen LogP contribution in [0.25, 0.3) is 33.4 Å². The van der Waals surface area contributed by atoms with E-state index in [1.165, 1.54) is 85.4 Å². The van der Waals surface area contributed by atoms with E-state index in [9.17, 15) is 0 Å². The molecule has 1 fully saturated rings. The number of anilines is 2. The summed E-state index contributed by atoms with van der Waals surface area (Å²) < 4.78 is 0. The monoisotopic (exact) mass is 577 g/mol. The van der Waals surface area contributed by atoms with Gasteiger partial charge in [0, 0.05) is 17.3 Å². The number of hydrogen-bond acceptors (Lipinski definition) is 1. The Kier molecular flexibility index (Phi) is 5.01.